The van der Waals surface area contributed by atoms with E-state index in [0.717, 1.165) is 0 Å². The van der Waals surface area contributed by atoms with Crippen LogP contribution in [0.5, 0.6) is 0 Å². The van der Waals surface area contributed by atoms with Gasteiger partial charge in [0.25, 0.3) is 11.6 Å². The van der Waals surface area contributed by atoms with E-state index in [1.165, 1.54) is 18.2 Å². The molecular weight excluding hydrogens is 308 g/mol. The van der Waals surface area contributed by atoms with Gasteiger partial charge in [0.15, 0.2) is 0 Å². The Morgan fingerprint density at radius 1 is 1.45 bits per heavy atom. The number of non-ortho nitro benzene ring substituents is 1. The van der Waals surface area contributed by atoms with Crippen molar-refractivity contribution in [2.24, 2.45) is 11.7 Å². The molecule has 1 aromatic carbocycles. The molecule has 0 bridgehead atoms. The summed E-state index contributed by atoms with van der Waals surface area (Å²) in [5, 5.41) is 13.6. The molecule has 1 rings (SSSR count). The number of rotatable bonds is 6. The lowest BCUT2D eigenvalue weighted by molar-refractivity contribution is -0.384. The van der Waals surface area contributed by atoms with Crippen LogP contribution in [0.25, 0.3) is 0 Å². The summed E-state index contributed by atoms with van der Waals surface area (Å²) in [5.41, 5.74) is 11.0. The van der Waals surface area contributed by atoms with Crippen molar-refractivity contribution in [2.75, 3.05) is 12.3 Å². The Labute approximate surface area is 136 Å². The van der Waals surface area contributed by atoms with Gasteiger partial charge in [-0.2, -0.15) is 0 Å². The number of nitrogens with zero attached hydrogens (tertiary/aromatic N) is 1. The van der Waals surface area contributed by atoms with Crippen molar-refractivity contribution in [1.82, 2.24) is 5.32 Å². The first kappa shape index (κ1) is 20.1. The Balaban J connectivity index is 0.00000441. The first-order valence-corrected chi connectivity index (χ1v) is 6.75. The third kappa shape index (κ3) is 5.16. The highest BCUT2D eigenvalue weighted by molar-refractivity contribution is 6.00. The minimum absolute atomic E-state index is 0. The summed E-state index contributed by atoms with van der Waals surface area (Å²) in [5.74, 6) is -0.105. The molecule has 8 heteroatoms. The molecule has 1 aromatic rings. The maximum Gasteiger partial charge on any atom is 0.270 e. The molecule has 5 N–H and O–H groups in total. The van der Waals surface area contributed by atoms with Gasteiger partial charge in [-0.05, 0) is 25.3 Å². The van der Waals surface area contributed by atoms with Gasteiger partial charge in [0.1, 0.15) is 0 Å². The molecule has 0 saturated heterocycles. The van der Waals surface area contributed by atoms with Gasteiger partial charge in [0.2, 0.25) is 0 Å². The lowest BCUT2D eigenvalue weighted by atomic mass is 9.90. The van der Waals surface area contributed by atoms with Gasteiger partial charge < -0.3 is 16.8 Å². The standard InChI is InChI=1S/C14H22N4O3.ClH/c1-9(2)7-14(3,8-15)17-13(19)11-6-10(18(20)21)4-5-12(11)16;/h4-6,9H,7-8,15-16H2,1-3H3,(H,17,19);1H. The van der Waals surface area contributed by atoms with Gasteiger partial charge in [0, 0.05) is 29.9 Å². The summed E-state index contributed by atoms with van der Waals surface area (Å²) < 4.78 is 0. The number of nitro benzene ring substituents is 1. The van der Waals surface area contributed by atoms with Gasteiger partial charge >= 0.3 is 0 Å². The number of nitro groups is 1. The van der Waals surface area contributed by atoms with Crippen molar-refractivity contribution in [3.63, 3.8) is 0 Å². The Hall–Kier alpha value is -1.86. The van der Waals surface area contributed by atoms with Crippen molar-refractivity contribution in [3.8, 4) is 0 Å². The molecule has 124 valence electrons. The fourth-order valence-corrected chi connectivity index (χ4v) is 2.28. The zero-order chi connectivity index (χ0) is 16.2. The highest BCUT2D eigenvalue weighted by atomic mass is 35.5. The third-order valence-electron chi connectivity index (χ3n) is 3.22. The molecule has 1 atom stereocenters. The SMILES string of the molecule is CC(C)CC(C)(CN)NC(=O)c1cc([N+](=O)[O-])ccc1N.Cl. The normalized spacial score (nSPS) is 13.1. The molecule has 7 nitrogen and oxygen atoms in total. The highest BCUT2D eigenvalue weighted by Gasteiger charge is 2.27. The second-order valence-electron chi connectivity index (χ2n) is 5.85. The van der Waals surface area contributed by atoms with Crippen LogP contribution in [0.1, 0.15) is 37.6 Å². The van der Waals surface area contributed by atoms with Crippen LogP contribution in [0.3, 0.4) is 0 Å². The fourth-order valence-electron chi connectivity index (χ4n) is 2.28. The second-order valence-corrected chi connectivity index (χ2v) is 5.85. The molecule has 0 heterocycles. The molecule has 0 aliphatic carbocycles. The minimum atomic E-state index is -0.581. The Morgan fingerprint density at radius 2 is 2.05 bits per heavy atom. The number of carbonyl (C=O) groups excluding carboxylic acids is 1. The summed E-state index contributed by atoms with van der Waals surface area (Å²) in [6.07, 6.45) is 0.698. The maximum atomic E-state index is 12.3. The molecule has 1 amide bonds. The molecule has 0 aliphatic heterocycles. The molecule has 1 unspecified atom stereocenters. The zero-order valence-electron chi connectivity index (χ0n) is 13.0. The average Bonchev–Trinajstić information content (AvgIpc) is 2.37. The lowest BCUT2D eigenvalue weighted by Crippen LogP contribution is -2.52. The molecule has 0 aromatic heterocycles. The predicted molar refractivity (Wildman–Crippen MR) is 89.1 cm³/mol. The first-order chi connectivity index (χ1) is 9.68. The van der Waals surface area contributed by atoms with Crippen molar-refractivity contribution < 1.29 is 9.72 Å². The Bertz CT molecular complexity index is 551. The summed E-state index contributed by atoms with van der Waals surface area (Å²) in [7, 11) is 0. The number of benzene rings is 1. The van der Waals surface area contributed by atoms with E-state index >= 15 is 0 Å². The smallest absolute Gasteiger partial charge is 0.270 e. The minimum Gasteiger partial charge on any atom is -0.398 e. The highest BCUT2D eigenvalue weighted by Crippen LogP contribution is 2.22. The lowest BCUT2D eigenvalue weighted by Gasteiger charge is -2.31. The zero-order valence-corrected chi connectivity index (χ0v) is 13.8. The summed E-state index contributed by atoms with van der Waals surface area (Å²) in [6.45, 7) is 6.17. The maximum absolute atomic E-state index is 12.3. The Kier molecular flexibility index (Phi) is 7.28. The first-order valence-electron chi connectivity index (χ1n) is 6.75. The quantitative estimate of drug-likeness (QED) is 0.418. The van der Waals surface area contributed by atoms with Crippen LogP contribution < -0.4 is 16.8 Å². The number of nitrogens with one attached hydrogen (secondary N) is 1. The number of carbonyl (C=O) groups is 1. The van der Waals surface area contributed by atoms with E-state index < -0.39 is 16.4 Å². The van der Waals surface area contributed by atoms with Gasteiger partial charge in [-0.1, -0.05) is 13.8 Å². The van der Waals surface area contributed by atoms with Gasteiger partial charge in [-0.3, -0.25) is 14.9 Å². The monoisotopic (exact) mass is 330 g/mol. The van der Waals surface area contributed by atoms with Crippen molar-refractivity contribution >= 4 is 29.7 Å². The predicted octanol–water partition coefficient (Wildman–Crippen LogP) is 2.09. The van der Waals surface area contributed by atoms with Crippen LogP contribution >= 0.6 is 12.4 Å². The van der Waals surface area contributed by atoms with E-state index in [1.807, 2.05) is 20.8 Å². The molecule has 0 spiro atoms. The van der Waals surface area contributed by atoms with Crippen LogP contribution in [0, 0.1) is 16.0 Å². The molecule has 0 radical (unpaired) electrons. The number of halogens is 1. The number of hydrogen-bond donors (Lipinski definition) is 3. The fraction of sp³-hybridized carbons (Fsp3) is 0.500. The number of nitrogens with two attached hydrogens (primary N) is 2. The van der Waals surface area contributed by atoms with Gasteiger partial charge in [0.05, 0.1) is 10.5 Å². The van der Waals surface area contributed by atoms with Crippen molar-refractivity contribution in [3.05, 3.63) is 33.9 Å². The van der Waals surface area contributed by atoms with Gasteiger partial charge in [-0.25, -0.2) is 0 Å². The van der Waals surface area contributed by atoms with Crippen LogP contribution in [-0.2, 0) is 0 Å². The molecule has 0 fully saturated rings. The molecular formula is C14H23ClN4O3. The topological polar surface area (TPSA) is 124 Å². The van der Waals surface area contributed by atoms with E-state index in [4.69, 9.17) is 11.5 Å². The van der Waals surface area contributed by atoms with Gasteiger partial charge in [-0.15, -0.1) is 12.4 Å². The summed E-state index contributed by atoms with van der Waals surface area (Å²) in [6, 6.07) is 3.80. The van der Waals surface area contributed by atoms with Crippen LogP contribution in [0.4, 0.5) is 11.4 Å². The number of anilines is 1. The van der Waals surface area contributed by atoms with E-state index in [9.17, 15) is 14.9 Å². The second kappa shape index (κ2) is 7.95. The third-order valence-corrected chi connectivity index (χ3v) is 3.22. The number of hydrogen-bond acceptors (Lipinski definition) is 5. The van der Waals surface area contributed by atoms with E-state index in [2.05, 4.69) is 5.32 Å². The van der Waals surface area contributed by atoms with E-state index in [0.29, 0.717) is 12.3 Å². The number of nitrogen functional groups attached to an aromatic ring is 1. The van der Waals surface area contributed by atoms with E-state index in [1.54, 1.807) is 0 Å². The number of amides is 1. The Morgan fingerprint density at radius 3 is 2.50 bits per heavy atom. The average molecular weight is 331 g/mol. The van der Waals surface area contributed by atoms with E-state index in [-0.39, 0.29) is 35.9 Å². The molecule has 0 aliphatic rings. The molecule has 22 heavy (non-hydrogen) atoms. The van der Waals surface area contributed by atoms with Crippen molar-refractivity contribution in [2.45, 2.75) is 32.7 Å². The summed E-state index contributed by atoms with van der Waals surface area (Å²) in [4.78, 5) is 22.6. The van der Waals surface area contributed by atoms with Crippen LogP contribution in [0.15, 0.2) is 18.2 Å². The molecule has 0 saturated carbocycles. The van der Waals surface area contributed by atoms with Crippen molar-refractivity contribution in [1.29, 1.82) is 0 Å². The summed E-state index contributed by atoms with van der Waals surface area (Å²) >= 11 is 0. The van der Waals surface area contributed by atoms with Crippen LogP contribution in [-0.4, -0.2) is 22.9 Å². The largest absolute Gasteiger partial charge is 0.398 e. The van der Waals surface area contributed by atoms with Crippen LogP contribution in [0.2, 0.25) is 0 Å².